The molecule has 0 radical (unpaired) electrons. The van der Waals surface area contributed by atoms with Crippen LogP contribution in [-0.4, -0.2) is 31.3 Å². The summed E-state index contributed by atoms with van der Waals surface area (Å²) in [6.07, 6.45) is -0.0656. The van der Waals surface area contributed by atoms with Crippen LogP contribution < -0.4 is 11.2 Å². The number of hydrogen-bond acceptors (Lipinski definition) is 5. The zero-order valence-corrected chi connectivity index (χ0v) is 18.0. The van der Waals surface area contributed by atoms with E-state index in [1.54, 1.807) is 18.5 Å². The number of hydrogen-bond donors (Lipinski definition) is 0. The van der Waals surface area contributed by atoms with Gasteiger partial charge in [0.15, 0.2) is 11.2 Å². The second kappa shape index (κ2) is 8.20. The zero-order valence-electron chi connectivity index (χ0n) is 16.4. The first-order valence-corrected chi connectivity index (χ1v) is 9.78. The molecule has 0 amide bonds. The molecule has 9 heteroatoms. The number of aromatic nitrogens is 4. The molecule has 0 aliphatic carbocycles. The first kappa shape index (κ1) is 20.8. The van der Waals surface area contributed by atoms with Gasteiger partial charge in [-0.05, 0) is 30.2 Å². The van der Waals surface area contributed by atoms with E-state index in [1.165, 1.54) is 11.6 Å². The molecule has 0 aliphatic heterocycles. The topological polar surface area (TPSA) is 88.1 Å². The molecule has 0 atom stereocenters. The average molecular weight is 461 g/mol. The lowest BCUT2D eigenvalue weighted by molar-refractivity contribution is -0.141. The number of esters is 1. The van der Waals surface area contributed by atoms with Crippen molar-refractivity contribution < 1.29 is 9.53 Å². The Morgan fingerprint density at radius 3 is 2.62 bits per heavy atom. The Labute approximate surface area is 175 Å². The fraction of sp³-hybridized carbons (Fsp3) is 0.300. The smallest absolute Gasteiger partial charge is 0.332 e. The van der Waals surface area contributed by atoms with Gasteiger partial charge in [-0.2, -0.15) is 0 Å². The van der Waals surface area contributed by atoms with Gasteiger partial charge in [0.05, 0.1) is 13.0 Å². The highest BCUT2D eigenvalue weighted by Gasteiger charge is 2.22. The summed E-state index contributed by atoms with van der Waals surface area (Å²) >= 11 is 3.45. The number of rotatable bonds is 6. The third kappa shape index (κ3) is 3.95. The normalized spacial score (nSPS) is 11.0. The highest BCUT2D eigenvalue weighted by Crippen LogP contribution is 2.23. The van der Waals surface area contributed by atoms with Gasteiger partial charge < -0.3 is 9.30 Å². The molecule has 3 aromatic rings. The fourth-order valence-corrected chi connectivity index (χ4v) is 3.60. The van der Waals surface area contributed by atoms with Crippen molar-refractivity contribution in [3.8, 4) is 0 Å². The zero-order chi connectivity index (χ0) is 21.3. The van der Waals surface area contributed by atoms with Crippen LogP contribution in [0.15, 0.2) is 44.9 Å². The average Bonchev–Trinajstić information content (AvgIpc) is 3.04. The van der Waals surface area contributed by atoms with Crippen molar-refractivity contribution in [1.29, 1.82) is 0 Å². The van der Waals surface area contributed by atoms with Gasteiger partial charge in [0.1, 0.15) is 5.82 Å². The summed E-state index contributed by atoms with van der Waals surface area (Å²) in [4.78, 5) is 41.7. The predicted octanol–water partition coefficient (Wildman–Crippen LogP) is 2.21. The van der Waals surface area contributed by atoms with Crippen molar-refractivity contribution in [2.45, 2.75) is 19.9 Å². The number of imidazole rings is 1. The lowest BCUT2D eigenvalue weighted by Gasteiger charge is -2.11. The molecule has 2 heterocycles. The van der Waals surface area contributed by atoms with E-state index >= 15 is 0 Å². The van der Waals surface area contributed by atoms with Crippen molar-refractivity contribution >= 4 is 38.6 Å². The van der Waals surface area contributed by atoms with Crippen LogP contribution in [0.25, 0.3) is 16.7 Å². The van der Waals surface area contributed by atoms with Crippen LogP contribution in [0, 0.1) is 0 Å². The minimum Gasteiger partial charge on any atom is -0.466 e. The molecule has 0 bridgehead atoms. The molecule has 152 valence electrons. The lowest BCUT2D eigenvalue weighted by Crippen LogP contribution is -2.37. The van der Waals surface area contributed by atoms with Gasteiger partial charge >= 0.3 is 11.7 Å². The highest BCUT2D eigenvalue weighted by molar-refractivity contribution is 9.10. The van der Waals surface area contributed by atoms with E-state index in [0.717, 1.165) is 14.6 Å². The maximum absolute atomic E-state index is 12.9. The minimum atomic E-state index is -0.475. The molecular formula is C20H21BrN4O4. The van der Waals surface area contributed by atoms with Crippen molar-refractivity contribution in [2.75, 3.05) is 6.61 Å². The van der Waals surface area contributed by atoms with Crippen LogP contribution in [0.5, 0.6) is 0 Å². The SMILES string of the molecule is C=C(CC(=O)OCC)c1nc2c(c(=O)n(C)c(=O)n2C)n1Cc1cccc(Br)c1. The number of aryl methyl sites for hydroxylation is 1. The van der Waals surface area contributed by atoms with Crippen molar-refractivity contribution in [3.63, 3.8) is 0 Å². The van der Waals surface area contributed by atoms with E-state index in [4.69, 9.17) is 4.74 Å². The third-order valence-electron chi connectivity index (χ3n) is 4.56. The molecule has 1 aromatic carbocycles. The maximum Gasteiger partial charge on any atom is 0.332 e. The second-order valence-corrected chi connectivity index (χ2v) is 7.53. The van der Waals surface area contributed by atoms with Gasteiger partial charge in [-0.15, -0.1) is 0 Å². The van der Waals surface area contributed by atoms with E-state index in [-0.39, 0.29) is 24.2 Å². The van der Waals surface area contributed by atoms with Gasteiger partial charge in [0.25, 0.3) is 5.56 Å². The Morgan fingerprint density at radius 1 is 1.24 bits per heavy atom. The van der Waals surface area contributed by atoms with Gasteiger partial charge in [-0.1, -0.05) is 34.6 Å². The molecule has 8 nitrogen and oxygen atoms in total. The monoisotopic (exact) mass is 460 g/mol. The predicted molar refractivity (Wildman–Crippen MR) is 114 cm³/mol. The number of nitrogens with zero attached hydrogens (tertiary/aromatic N) is 4. The summed E-state index contributed by atoms with van der Waals surface area (Å²) < 4.78 is 9.95. The molecule has 29 heavy (non-hydrogen) atoms. The molecule has 2 aromatic heterocycles. The van der Waals surface area contributed by atoms with Crippen molar-refractivity contribution in [3.05, 3.63) is 67.5 Å². The van der Waals surface area contributed by atoms with Crippen molar-refractivity contribution in [1.82, 2.24) is 18.7 Å². The summed E-state index contributed by atoms with van der Waals surface area (Å²) in [7, 11) is 2.98. The Morgan fingerprint density at radius 2 is 1.97 bits per heavy atom. The van der Waals surface area contributed by atoms with Gasteiger partial charge in [0.2, 0.25) is 0 Å². The van der Waals surface area contributed by atoms with Crippen LogP contribution in [-0.2, 0) is 30.2 Å². The molecule has 0 N–H and O–H groups in total. The molecule has 0 fully saturated rings. The van der Waals surface area contributed by atoms with Crippen LogP contribution in [0.4, 0.5) is 0 Å². The largest absolute Gasteiger partial charge is 0.466 e. The summed E-state index contributed by atoms with van der Waals surface area (Å²) in [6.45, 7) is 6.28. The Balaban J connectivity index is 2.24. The number of carbonyl (C=O) groups excluding carboxylic acids is 1. The standard InChI is InChI=1S/C20H21BrN4O4/c1-5-29-15(26)9-12(2)17-22-18-16(19(27)24(4)20(28)23(18)3)25(17)11-13-7-6-8-14(21)10-13/h6-8,10H,2,5,9,11H2,1,3-4H3. The van der Waals surface area contributed by atoms with E-state index in [2.05, 4.69) is 27.5 Å². The first-order chi connectivity index (χ1) is 13.7. The highest BCUT2D eigenvalue weighted by atomic mass is 79.9. The van der Waals surface area contributed by atoms with Crippen LogP contribution in [0.1, 0.15) is 24.7 Å². The first-order valence-electron chi connectivity index (χ1n) is 8.99. The van der Waals surface area contributed by atoms with E-state index < -0.39 is 17.2 Å². The molecule has 0 saturated heterocycles. The van der Waals surface area contributed by atoms with Gasteiger partial charge in [-0.3, -0.25) is 18.7 Å². The third-order valence-corrected chi connectivity index (χ3v) is 5.05. The lowest BCUT2D eigenvalue weighted by atomic mass is 10.2. The Hall–Kier alpha value is -2.94. The maximum atomic E-state index is 12.9. The molecule has 0 aliphatic rings. The summed E-state index contributed by atoms with van der Waals surface area (Å²) in [5.74, 6) is -0.0633. The number of ether oxygens (including phenoxy) is 1. The second-order valence-electron chi connectivity index (χ2n) is 6.61. The number of benzene rings is 1. The van der Waals surface area contributed by atoms with Crippen molar-refractivity contribution in [2.24, 2.45) is 14.1 Å². The Kier molecular flexibility index (Phi) is 5.88. The summed E-state index contributed by atoms with van der Waals surface area (Å²) in [5, 5.41) is 0. The van der Waals surface area contributed by atoms with E-state index in [1.807, 2.05) is 24.3 Å². The van der Waals surface area contributed by atoms with Crippen LogP contribution in [0.3, 0.4) is 0 Å². The number of halogens is 1. The molecular weight excluding hydrogens is 440 g/mol. The van der Waals surface area contributed by atoms with E-state index in [0.29, 0.717) is 17.9 Å². The quantitative estimate of drug-likeness (QED) is 0.526. The molecule has 0 spiro atoms. The summed E-state index contributed by atoms with van der Waals surface area (Å²) in [5.41, 5.74) is 0.907. The fourth-order valence-electron chi connectivity index (χ4n) is 3.15. The summed E-state index contributed by atoms with van der Waals surface area (Å²) in [6, 6.07) is 7.63. The molecule has 0 saturated carbocycles. The van der Waals surface area contributed by atoms with Gasteiger partial charge in [-0.25, -0.2) is 9.78 Å². The number of carbonyl (C=O) groups is 1. The van der Waals surface area contributed by atoms with Crippen LogP contribution in [0.2, 0.25) is 0 Å². The molecule has 0 unspecified atom stereocenters. The van der Waals surface area contributed by atoms with Gasteiger partial charge in [0, 0.05) is 25.1 Å². The molecule has 3 rings (SSSR count). The van der Waals surface area contributed by atoms with Crippen LogP contribution >= 0.6 is 15.9 Å². The van der Waals surface area contributed by atoms with E-state index in [9.17, 15) is 14.4 Å². The number of fused-ring (bicyclic) bond motifs is 1. The minimum absolute atomic E-state index is 0.0656. The Bertz CT molecular complexity index is 1240.